The highest BCUT2D eigenvalue weighted by molar-refractivity contribution is 6.53. The Morgan fingerprint density at radius 1 is 1.00 bits per heavy atom. The Morgan fingerprint density at radius 3 is 2.55 bits per heavy atom. The van der Waals surface area contributed by atoms with Crippen molar-refractivity contribution < 1.29 is 24.1 Å². The number of rotatable bonds is 4. The zero-order chi connectivity index (χ0) is 21.7. The number of hydrogen-bond acceptors (Lipinski definition) is 7. The first-order valence-electron chi connectivity index (χ1n) is 9.36. The van der Waals surface area contributed by atoms with Gasteiger partial charge >= 0.3 is 0 Å². The van der Waals surface area contributed by atoms with Crippen molar-refractivity contribution in [2.45, 2.75) is 6.10 Å². The van der Waals surface area contributed by atoms with E-state index in [1.807, 2.05) is 18.2 Å². The van der Waals surface area contributed by atoms with Crippen molar-refractivity contribution in [2.75, 3.05) is 4.90 Å². The van der Waals surface area contributed by atoms with Crippen LogP contribution in [-0.2, 0) is 14.4 Å². The molecule has 0 aliphatic carbocycles. The van der Waals surface area contributed by atoms with Crippen molar-refractivity contribution in [2.24, 2.45) is 11.1 Å². The third-order valence-electron chi connectivity index (χ3n) is 5.38. The number of Topliss-reactive ketones (excluding diaryl/α,β-unsaturated/α-hetero) is 1. The van der Waals surface area contributed by atoms with Gasteiger partial charge in [-0.1, -0.05) is 53.7 Å². The number of benzene rings is 3. The molecule has 2 unspecified atom stereocenters. The maximum Gasteiger partial charge on any atom is 0.278 e. The van der Waals surface area contributed by atoms with E-state index in [-0.39, 0.29) is 17.1 Å². The summed E-state index contributed by atoms with van der Waals surface area (Å²) in [4.78, 5) is 55.6. The van der Waals surface area contributed by atoms with Crippen LogP contribution in [0.3, 0.4) is 0 Å². The van der Waals surface area contributed by atoms with Gasteiger partial charge < -0.3 is 4.84 Å². The molecule has 3 aromatic carbocycles. The van der Waals surface area contributed by atoms with Crippen molar-refractivity contribution >= 4 is 45.5 Å². The van der Waals surface area contributed by atoms with Gasteiger partial charge in [0.25, 0.3) is 11.6 Å². The van der Waals surface area contributed by atoms with Gasteiger partial charge in [-0.2, -0.15) is 0 Å². The van der Waals surface area contributed by atoms with Crippen LogP contribution in [0.1, 0.15) is 10.4 Å². The van der Waals surface area contributed by atoms with Gasteiger partial charge in [0, 0.05) is 17.7 Å². The third-order valence-corrected chi connectivity index (χ3v) is 5.38. The lowest BCUT2D eigenvalue weighted by atomic mass is 9.91. The van der Waals surface area contributed by atoms with Crippen LogP contribution in [-0.4, -0.2) is 34.3 Å². The molecule has 9 nitrogen and oxygen atoms in total. The molecule has 0 aromatic heterocycles. The van der Waals surface area contributed by atoms with Crippen LogP contribution in [0.15, 0.2) is 71.9 Å². The van der Waals surface area contributed by atoms with Crippen molar-refractivity contribution in [3.05, 3.63) is 82.4 Å². The van der Waals surface area contributed by atoms with E-state index < -0.39 is 34.5 Å². The number of oxime groups is 1. The zero-order valence-electron chi connectivity index (χ0n) is 15.8. The fourth-order valence-corrected chi connectivity index (χ4v) is 3.93. The predicted molar refractivity (Wildman–Crippen MR) is 110 cm³/mol. The Hall–Kier alpha value is -4.40. The number of non-ortho nitro benzene ring substituents is 1. The maximum atomic E-state index is 13.3. The van der Waals surface area contributed by atoms with Crippen LogP contribution in [0.25, 0.3) is 10.8 Å². The smallest absolute Gasteiger partial charge is 0.278 e. The summed E-state index contributed by atoms with van der Waals surface area (Å²) in [6, 6.07) is 17.7. The van der Waals surface area contributed by atoms with Crippen LogP contribution < -0.4 is 4.90 Å². The molecule has 152 valence electrons. The summed E-state index contributed by atoms with van der Waals surface area (Å²) in [6.45, 7) is 0. The molecule has 0 bridgehead atoms. The molecule has 9 heteroatoms. The lowest BCUT2D eigenvalue weighted by Crippen LogP contribution is -2.34. The Morgan fingerprint density at radius 2 is 1.74 bits per heavy atom. The number of anilines is 1. The summed E-state index contributed by atoms with van der Waals surface area (Å²) >= 11 is 0. The summed E-state index contributed by atoms with van der Waals surface area (Å²) in [5.41, 5.74) is -0.0428. The molecule has 1 saturated heterocycles. The van der Waals surface area contributed by atoms with Gasteiger partial charge in [-0.15, -0.1) is 0 Å². The lowest BCUT2D eigenvalue weighted by molar-refractivity contribution is -0.384. The molecular weight excluding hydrogens is 402 g/mol. The summed E-state index contributed by atoms with van der Waals surface area (Å²) in [6.07, 6.45) is -1.28. The number of carbonyl (C=O) groups is 3. The van der Waals surface area contributed by atoms with Gasteiger partial charge in [0.15, 0.2) is 0 Å². The monoisotopic (exact) mass is 415 g/mol. The molecule has 0 spiro atoms. The van der Waals surface area contributed by atoms with Crippen LogP contribution >= 0.6 is 0 Å². The number of ketones is 1. The van der Waals surface area contributed by atoms with Gasteiger partial charge in [0.1, 0.15) is 11.6 Å². The number of hydrogen-bond donors (Lipinski definition) is 0. The fraction of sp³-hybridized carbons (Fsp3) is 0.0909. The number of nitro benzene ring substituents is 1. The lowest BCUT2D eigenvalue weighted by Gasteiger charge is -2.15. The molecule has 2 aliphatic rings. The van der Waals surface area contributed by atoms with E-state index in [0.29, 0.717) is 10.9 Å². The molecular formula is C22H13N3O6. The highest BCUT2D eigenvalue weighted by atomic mass is 16.7. The van der Waals surface area contributed by atoms with Crippen LogP contribution in [0.5, 0.6) is 0 Å². The van der Waals surface area contributed by atoms with E-state index in [9.17, 15) is 24.5 Å². The number of nitro groups is 1. The van der Waals surface area contributed by atoms with E-state index in [0.717, 1.165) is 16.4 Å². The maximum absolute atomic E-state index is 13.3. The Kier molecular flexibility index (Phi) is 4.11. The molecule has 0 radical (unpaired) electrons. The number of carbonyl (C=O) groups excluding carboxylic acids is 3. The van der Waals surface area contributed by atoms with E-state index in [1.165, 1.54) is 18.2 Å². The van der Waals surface area contributed by atoms with E-state index in [2.05, 4.69) is 5.16 Å². The van der Waals surface area contributed by atoms with Gasteiger partial charge in [-0.05, 0) is 16.8 Å². The summed E-state index contributed by atoms with van der Waals surface area (Å²) in [5.74, 6) is -3.15. The first-order valence-corrected chi connectivity index (χ1v) is 9.36. The number of imide groups is 1. The molecule has 2 amide bonds. The topological polar surface area (TPSA) is 119 Å². The Balaban J connectivity index is 1.52. The van der Waals surface area contributed by atoms with Crippen molar-refractivity contribution in [3.8, 4) is 0 Å². The van der Waals surface area contributed by atoms with E-state index in [1.54, 1.807) is 24.3 Å². The largest absolute Gasteiger partial charge is 0.381 e. The second-order valence-electron chi connectivity index (χ2n) is 7.12. The summed E-state index contributed by atoms with van der Waals surface area (Å²) in [5, 5.41) is 16.4. The van der Waals surface area contributed by atoms with Gasteiger partial charge in [-0.3, -0.25) is 24.5 Å². The zero-order valence-corrected chi connectivity index (χ0v) is 15.8. The van der Waals surface area contributed by atoms with Crippen molar-refractivity contribution in [1.82, 2.24) is 0 Å². The Bertz CT molecular complexity index is 1330. The third kappa shape index (κ3) is 2.78. The fourth-order valence-electron chi connectivity index (χ4n) is 3.93. The van der Waals surface area contributed by atoms with E-state index >= 15 is 0 Å². The molecule has 0 saturated carbocycles. The summed E-state index contributed by atoms with van der Waals surface area (Å²) < 4.78 is 0. The molecule has 0 N–H and O–H groups in total. The standard InChI is InChI=1S/C22H13N3O6/c26-19(16-10-3-6-12-5-1-2-9-15(12)16)18-17-20(31-23-18)22(28)24(21(17)27)13-7-4-8-14(11-13)25(29)30/h1-11,17,20H. The van der Waals surface area contributed by atoms with Gasteiger partial charge in [0.2, 0.25) is 17.8 Å². The molecule has 3 aromatic rings. The van der Waals surface area contributed by atoms with Crippen LogP contribution in [0.2, 0.25) is 0 Å². The molecule has 1 fully saturated rings. The highest BCUT2D eigenvalue weighted by Gasteiger charge is 2.57. The number of fused-ring (bicyclic) bond motifs is 2. The SMILES string of the molecule is O=C(C1=NOC2C(=O)N(c3cccc([N+](=O)[O-])c3)C(=O)C12)c1cccc2ccccc12. The number of nitrogens with zero attached hydrogens (tertiary/aromatic N) is 3. The predicted octanol–water partition coefficient (Wildman–Crippen LogP) is 2.88. The normalized spacial score (nSPS) is 19.9. The Labute approximate surface area is 174 Å². The molecule has 2 heterocycles. The minimum Gasteiger partial charge on any atom is -0.381 e. The van der Waals surface area contributed by atoms with Crippen LogP contribution in [0.4, 0.5) is 11.4 Å². The first kappa shape index (κ1) is 18.6. The molecule has 2 atom stereocenters. The second kappa shape index (κ2) is 6.84. The minimum atomic E-state index is -1.28. The molecule has 5 rings (SSSR count). The van der Waals surface area contributed by atoms with E-state index in [4.69, 9.17) is 4.84 Å². The van der Waals surface area contributed by atoms with Gasteiger partial charge in [0.05, 0.1) is 10.6 Å². The van der Waals surface area contributed by atoms with Crippen molar-refractivity contribution in [1.29, 1.82) is 0 Å². The second-order valence-corrected chi connectivity index (χ2v) is 7.12. The highest BCUT2D eigenvalue weighted by Crippen LogP contribution is 2.35. The summed E-state index contributed by atoms with van der Waals surface area (Å²) in [7, 11) is 0. The average molecular weight is 415 g/mol. The average Bonchev–Trinajstić information content (AvgIpc) is 3.33. The first-order chi connectivity index (χ1) is 15.0. The van der Waals surface area contributed by atoms with Gasteiger partial charge in [-0.25, -0.2) is 4.90 Å². The quantitative estimate of drug-likeness (QED) is 0.280. The number of amides is 2. The minimum absolute atomic E-state index is 0.0409. The molecule has 31 heavy (non-hydrogen) atoms. The van der Waals surface area contributed by atoms with Crippen molar-refractivity contribution in [3.63, 3.8) is 0 Å². The molecule has 2 aliphatic heterocycles. The van der Waals surface area contributed by atoms with Crippen LogP contribution in [0, 0.1) is 16.0 Å².